The Bertz CT molecular complexity index is 967. The van der Waals surface area contributed by atoms with Crippen molar-refractivity contribution in [1.29, 1.82) is 0 Å². The Kier molecular flexibility index (Phi) is 6.40. The van der Waals surface area contributed by atoms with E-state index in [1.54, 1.807) is 19.1 Å². The number of carbonyl (C=O) groups is 1. The molecule has 1 unspecified atom stereocenters. The van der Waals surface area contributed by atoms with Crippen LogP contribution in [0.1, 0.15) is 81.9 Å². The first-order valence-corrected chi connectivity index (χ1v) is 9.95. The van der Waals surface area contributed by atoms with Crippen molar-refractivity contribution >= 4 is 5.97 Å². The van der Waals surface area contributed by atoms with Crippen molar-refractivity contribution < 1.29 is 24.2 Å². The van der Waals surface area contributed by atoms with E-state index in [0.29, 0.717) is 16.7 Å². The topological polar surface area (TPSA) is 97.0 Å². The van der Waals surface area contributed by atoms with E-state index in [4.69, 9.17) is 9.15 Å². The van der Waals surface area contributed by atoms with Gasteiger partial charge in [-0.2, -0.15) is 0 Å². The van der Waals surface area contributed by atoms with Crippen LogP contribution < -0.4 is 5.63 Å². The number of hydrogen-bond acceptors (Lipinski definition) is 6. The van der Waals surface area contributed by atoms with E-state index in [1.807, 2.05) is 41.5 Å². The first-order valence-electron chi connectivity index (χ1n) is 9.95. The van der Waals surface area contributed by atoms with E-state index in [-0.39, 0.29) is 29.2 Å². The molecule has 6 nitrogen and oxygen atoms in total. The van der Waals surface area contributed by atoms with Crippen LogP contribution >= 0.6 is 0 Å². The van der Waals surface area contributed by atoms with Gasteiger partial charge in [-0.15, -0.1) is 0 Å². The lowest BCUT2D eigenvalue weighted by Gasteiger charge is -2.30. The van der Waals surface area contributed by atoms with Crippen molar-refractivity contribution in [3.05, 3.63) is 56.6 Å². The maximum atomic E-state index is 12.6. The first-order chi connectivity index (χ1) is 13.7. The third kappa shape index (κ3) is 4.86. The minimum Gasteiger partial charge on any atom is -0.507 e. The summed E-state index contributed by atoms with van der Waals surface area (Å²) in [6, 6.07) is 4.94. The molecule has 1 atom stereocenters. The highest BCUT2D eigenvalue weighted by molar-refractivity contribution is 5.72. The average Bonchev–Trinajstić information content (AvgIpc) is 2.58. The fraction of sp³-hybridized carbons (Fsp3) is 0.500. The summed E-state index contributed by atoms with van der Waals surface area (Å²) in [5.41, 5.74) is 0.512. The van der Waals surface area contributed by atoms with Gasteiger partial charge in [-0.05, 0) is 34.4 Å². The molecule has 0 radical (unpaired) electrons. The molecule has 1 heterocycles. The zero-order chi connectivity index (χ0) is 23.0. The molecule has 0 fully saturated rings. The Morgan fingerprint density at radius 1 is 1.03 bits per heavy atom. The zero-order valence-electron chi connectivity index (χ0n) is 19.0. The Balaban J connectivity index is 2.88. The lowest BCUT2D eigenvalue weighted by atomic mass is 9.76. The Hall–Kier alpha value is -2.76. The number of aryl methyl sites for hydroxylation is 1. The number of rotatable bonds is 4. The molecule has 1 aromatic heterocycles. The maximum Gasteiger partial charge on any atom is 0.343 e. The Morgan fingerprint density at radius 3 is 1.93 bits per heavy atom. The molecule has 164 valence electrons. The molecule has 0 saturated heterocycles. The summed E-state index contributed by atoms with van der Waals surface area (Å²) in [7, 11) is 1.27. The van der Waals surface area contributed by atoms with Gasteiger partial charge in [0.25, 0.3) is 0 Å². The monoisotopic (exact) mass is 416 g/mol. The highest BCUT2D eigenvalue weighted by atomic mass is 16.5. The zero-order valence-corrected chi connectivity index (χ0v) is 19.0. The molecular weight excluding hydrogens is 384 g/mol. The summed E-state index contributed by atoms with van der Waals surface area (Å²) in [5, 5.41) is 21.5. The molecule has 0 aliphatic carbocycles. The molecule has 0 saturated carbocycles. The number of aromatic hydroxyl groups is 2. The highest BCUT2D eigenvalue weighted by Crippen LogP contribution is 2.43. The molecule has 2 rings (SSSR count). The third-order valence-corrected chi connectivity index (χ3v) is 5.19. The van der Waals surface area contributed by atoms with E-state index in [1.165, 1.54) is 13.2 Å². The van der Waals surface area contributed by atoms with Gasteiger partial charge in [-0.3, -0.25) is 4.79 Å². The van der Waals surface area contributed by atoms with Gasteiger partial charge in [0.05, 0.1) is 19.1 Å². The SMILES string of the molecule is COC(=O)CC(c1cc(C(C)(C)C)c(O)c(C(C)(C)C)c1)c1c(O)cc(C)oc1=O. The maximum absolute atomic E-state index is 12.6. The first kappa shape index (κ1) is 23.5. The average molecular weight is 417 g/mol. The number of phenolic OH excluding ortho intramolecular Hbond substituents is 1. The van der Waals surface area contributed by atoms with E-state index in [2.05, 4.69) is 0 Å². The third-order valence-electron chi connectivity index (χ3n) is 5.19. The number of esters is 1. The van der Waals surface area contributed by atoms with Crippen LogP contribution in [0.2, 0.25) is 0 Å². The van der Waals surface area contributed by atoms with Crippen LogP contribution in [0.5, 0.6) is 11.5 Å². The minimum atomic E-state index is -0.794. The van der Waals surface area contributed by atoms with Gasteiger partial charge in [0.15, 0.2) is 0 Å². The van der Waals surface area contributed by atoms with Crippen molar-refractivity contribution in [3.8, 4) is 11.5 Å². The molecule has 0 amide bonds. The smallest absolute Gasteiger partial charge is 0.343 e. The summed E-state index contributed by atoms with van der Waals surface area (Å²) < 4.78 is 10.1. The van der Waals surface area contributed by atoms with Crippen molar-refractivity contribution in [2.75, 3.05) is 7.11 Å². The summed E-state index contributed by atoms with van der Waals surface area (Å²) in [6.45, 7) is 13.4. The van der Waals surface area contributed by atoms with Gasteiger partial charge >= 0.3 is 11.6 Å². The number of phenols is 1. The second-order valence-electron chi connectivity index (χ2n) is 9.74. The van der Waals surface area contributed by atoms with E-state index in [9.17, 15) is 19.8 Å². The van der Waals surface area contributed by atoms with Crippen molar-refractivity contribution in [2.24, 2.45) is 0 Å². The molecular formula is C24H32O6. The van der Waals surface area contributed by atoms with Crippen molar-refractivity contribution in [1.82, 2.24) is 0 Å². The van der Waals surface area contributed by atoms with Crippen LogP contribution in [0.15, 0.2) is 27.4 Å². The van der Waals surface area contributed by atoms with Gasteiger partial charge in [-0.25, -0.2) is 4.79 Å². The number of hydrogen-bond donors (Lipinski definition) is 2. The number of methoxy groups -OCH3 is 1. The van der Waals surface area contributed by atoms with Crippen LogP contribution in [0.3, 0.4) is 0 Å². The van der Waals surface area contributed by atoms with Crippen molar-refractivity contribution in [3.63, 3.8) is 0 Å². The predicted octanol–water partition coefficient (Wildman–Crippen LogP) is 4.65. The molecule has 2 N–H and O–H groups in total. The summed E-state index contributed by atoms with van der Waals surface area (Å²) in [6.07, 6.45) is -0.157. The fourth-order valence-corrected chi connectivity index (χ4v) is 3.56. The molecule has 0 aliphatic heterocycles. The summed E-state index contributed by atoms with van der Waals surface area (Å²) in [5.74, 6) is -1.09. The van der Waals surface area contributed by atoms with E-state index >= 15 is 0 Å². The fourth-order valence-electron chi connectivity index (χ4n) is 3.56. The Morgan fingerprint density at radius 2 is 1.53 bits per heavy atom. The summed E-state index contributed by atoms with van der Waals surface area (Å²) >= 11 is 0. The lowest BCUT2D eigenvalue weighted by Crippen LogP contribution is -2.22. The van der Waals surface area contributed by atoms with Gasteiger partial charge in [0, 0.05) is 12.0 Å². The van der Waals surface area contributed by atoms with Gasteiger partial charge in [-0.1, -0.05) is 53.7 Å². The number of ether oxygens (including phenoxy) is 1. The van der Waals surface area contributed by atoms with E-state index in [0.717, 1.165) is 0 Å². The molecule has 1 aromatic carbocycles. The molecule has 6 heteroatoms. The molecule has 30 heavy (non-hydrogen) atoms. The largest absolute Gasteiger partial charge is 0.507 e. The van der Waals surface area contributed by atoms with Crippen LogP contribution in [0.4, 0.5) is 0 Å². The standard InChI is InChI=1S/C24H32O6/c1-13-9-18(25)20(22(28)30-13)15(12-19(26)29-8)14-10-16(23(2,3)4)21(27)17(11-14)24(5,6)7/h9-11,15,25,27H,12H2,1-8H3. The number of carbonyl (C=O) groups excluding carboxylic acids is 1. The second kappa shape index (κ2) is 8.17. The van der Waals surface area contributed by atoms with Crippen LogP contribution in [0.25, 0.3) is 0 Å². The van der Waals surface area contributed by atoms with Gasteiger partial charge < -0.3 is 19.4 Å². The summed E-state index contributed by atoms with van der Waals surface area (Å²) in [4.78, 5) is 24.9. The van der Waals surface area contributed by atoms with Gasteiger partial charge in [0.2, 0.25) is 0 Å². The quantitative estimate of drug-likeness (QED) is 0.704. The van der Waals surface area contributed by atoms with Crippen LogP contribution in [-0.4, -0.2) is 23.3 Å². The van der Waals surface area contributed by atoms with E-state index < -0.39 is 28.3 Å². The Labute approximate surface area is 177 Å². The highest BCUT2D eigenvalue weighted by Gasteiger charge is 2.32. The molecule has 0 bridgehead atoms. The van der Waals surface area contributed by atoms with Crippen LogP contribution in [-0.2, 0) is 20.4 Å². The van der Waals surface area contributed by atoms with Crippen molar-refractivity contribution in [2.45, 2.75) is 71.6 Å². The molecule has 0 aliphatic rings. The number of benzene rings is 1. The second-order valence-corrected chi connectivity index (χ2v) is 9.74. The molecule has 2 aromatic rings. The van der Waals surface area contributed by atoms with Gasteiger partial charge in [0.1, 0.15) is 17.3 Å². The lowest BCUT2D eigenvalue weighted by molar-refractivity contribution is -0.140. The minimum absolute atomic E-state index is 0.00333. The predicted molar refractivity (Wildman–Crippen MR) is 115 cm³/mol. The normalized spacial score (nSPS) is 13.2. The van der Waals surface area contributed by atoms with Crippen LogP contribution in [0, 0.1) is 6.92 Å². The molecule has 0 spiro atoms.